The van der Waals surface area contributed by atoms with Crippen molar-refractivity contribution in [1.29, 1.82) is 0 Å². The Morgan fingerprint density at radius 1 is 1.00 bits per heavy atom. The van der Waals surface area contributed by atoms with Gasteiger partial charge in [0.25, 0.3) is 5.56 Å². The number of allylic oxidation sites excluding steroid dienone is 2. The maximum atomic E-state index is 13.0. The van der Waals surface area contributed by atoms with Crippen molar-refractivity contribution in [3.63, 3.8) is 0 Å². The van der Waals surface area contributed by atoms with Crippen LogP contribution in [0.25, 0.3) is 23.2 Å². The van der Waals surface area contributed by atoms with Gasteiger partial charge in [-0.2, -0.15) is 4.98 Å². The molecule has 0 saturated heterocycles. The van der Waals surface area contributed by atoms with Crippen molar-refractivity contribution >= 4 is 34.8 Å². The molecule has 0 aliphatic carbocycles. The zero-order valence-electron chi connectivity index (χ0n) is 17.2. The maximum Gasteiger partial charge on any atom is 0.262 e. The number of hydrogen-bond donors (Lipinski definition) is 1. The molecule has 4 aromatic rings. The monoisotopic (exact) mass is 406 g/mol. The van der Waals surface area contributed by atoms with Gasteiger partial charge in [-0.15, -0.1) is 0 Å². The van der Waals surface area contributed by atoms with E-state index in [2.05, 4.69) is 33.9 Å². The second-order valence-electron chi connectivity index (χ2n) is 7.67. The number of benzene rings is 2. The Morgan fingerprint density at radius 3 is 2.65 bits per heavy atom. The molecule has 1 aliphatic heterocycles. The summed E-state index contributed by atoms with van der Waals surface area (Å²) in [5.41, 5.74) is 4.52. The number of nitrogens with zero attached hydrogens (tertiary/aromatic N) is 3. The van der Waals surface area contributed by atoms with Gasteiger partial charge < -0.3 is 4.90 Å². The number of hydrogen-bond acceptors (Lipinski definition) is 4. The molecule has 5 rings (SSSR count). The Balaban J connectivity index is 1.50. The molecule has 5 heteroatoms. The number of aromatic amines is 1. The largest absolute Gasteiger partial charge is 0.309 e. The molecule has 31 heavy (non-hydrogen) atoms. The highest BCUT2D eigenvalue weighted by Gasteiger charge is 2.28. The number of fused-ring (bicyclic) bond motifs is 2. The zero-order valence-corrected chi connectivity index (χ0v) is 17.2. The van der Waals surface area contributed by atoms with Gasteiger partial charge in [0.05, 0.1) is 5.39 Å². The summed E-state index contributed by atoms with van der Waals surface area (Å²) in [6.45, 7) is 2.13. The molecular weight excluding hydrogens is 384 g/mol. The fourth-order valence-corrected chi connectivity index (χ4v) is 4.11. The predicted octanol–water partition coefficient (Wildman–Crippen LogP) is 5.13. The molecule has 0 radical (unpaired) electrons. The lowest BCUT2D eigenvalue weighted by Crippen LogP contribution is -2.28. The second kappa shape index (κ2) is 8.03. The zero-order chi connectivity index (χ0) is 21.2. The minimum Gasteiger partial charge on any atom is -0.309 e. The number of aromatic nitrogens is 3. The topological polar surface area (TPSA) is 61.9 Å². The van der Waals surface area contributed by atoms with Crippen molar-refractivity contribution in [2.45, 2.75) is 19.4 Å². The van der Waals surface area contributed by atoms with Crippen LogP contribution in [0.5, 0.6) is 0 Å². The van der Waals surface area contributed by atoms with Gasteiger partial charge in [-0.05, 0) is 42.2 Å². The molecule has 152 valence electrons. The summed E-state index contributed by atoms with van der Waals surface area (Å²) in [7, 11) is 0. The second-order valence-corrected chi connectivity index (χ2v) is 7.67. The summed E-state index contributed by atoms with van der Waals surface area (Å²) in [5, 5.41) is 0.496. The number of H-pyrrole nitrogens is 1. The van der Waals surface area contributed by atoms with Crippen molar-refractivity contribution in [3.05, 3.63) is 106 Å². The van der Waals surface area contributed by atoms with Gasteiger partial charge in [-0.3, -0.25) is 9.78 Å². The maximum absolute atomic E-state index is 13.0. The van der Waals surface area contributed by atoms with Crippen LogP contribution in [0.1, 0.15) is 23.6 Å². The third-order valence-corrected chi connectivity index (χ3v) is 5.54. The van der Waals surface area contributed by atoms with E-state index >= 15 is 0 Å². The number of rotatable bonds is 4. The Labute approximate surface area is 180 Å². The summed E-state index contributed by atoms with van der Waals surface area (Å²) in [5.74, 6) is 0.535. The van der Waals surface area contributed by atoms with Gasteiger partial charge >= 0.3 is 0 Å². The average molecular weight is 406 g/mol. The quantitative estimate of drug-likeness (QED) is 0.478. The van der Waals surface area contributed by atoms with Gasteiger partial charge in [-0.25, -0.2) is 4.98 Å². The molecule has 0 saturated carbocycles. The predicted molar refractivity (Wildman–Crippen MR) is 126 cm³/mol. The standard InChI is InChI=1S/C26H22N4O/c1-18-17-21-13-7-8-14-22(21)30(18)26-28-24-23(25(31)29-26)20(15-16-27-24)12-6-5-11-19-9-3-2-4-10-19/h2-16,18H,17H2,1H3,(H,27,28,29,31)/b11-5+,12-6+/t18-/m1/s1. The fourth-order valence-electron chi connectivity index (χ4n) is 4.11. The van der Waals surface area contributed by atoms with Crippen molar-refractivity contribution in [2.75, 3.05) is 4.90 Å². The van der Waals surface area contributed by atoms with Crippen LogP contribution in [0, 0.1) is 0 Å². The Morgan fingerprint density at radius 2 is 1.77 bits per heavy atom. The number of pyridine rings is 1. The highest BCUT2D eigenvalue weighted by atomic mass is 16.1. The third kappa shape index (κ3) is 3.66. The highest BCUT2D eigenvalue weighted by molar-refractivity contribution is 5.85. The fraction of sp³-hybridized carbons (Fsp3) is 0.115. The molecule has 5 nitrogen and oxygen atoms in total. The average Bonchev–Trinajstić information content (AvgIpc) is 3.13. The Bertz CT molecular complexity index is 1350. The van der Waals surface area contributed by atoms with Crippen molar-refractivity contribution in [1.82, 2.24) is 15.0 Å². The van der Waals surface area contributed by atoms with Crippen LogP contribution in [-0.2, 0) is 6.42 Å². The molecule has 0 spiro atoms. The van der Waals surface area contributed by atoms with E-state index in [9.17, 15) is 4.79 Å². The first-order valence-corrected chi connectivity index (χ1v) is 10.4. The van der Waals surface area contributed by atoms with E-state index in [0.29, 0.717) is 17.0 Å². The molecule has 1 aliphatic rings. The molecule has 2 aromatic heterocycles. The normalized spacial score (nSPS) is 15.9. The van der Waals surface area contributed by atoms with E-state index < -0.39 is 0 Å². The van der Waals surface area contributed by atoms with Gasteiger partial charge in [-0.1, -0.05) is 72.8 Å². The van der Waals surface area contributed by atoms with E-state index in [1.807, 2.05) is 72.8 Å². The molecule has 1 atom stereocenters. The van der Waals surface area contributed by atoms with Crippen LogP contribution in [0.15, 0.2) is 83.8 Å². The lowest BCUT2D eigenvalue weighted by Gasteiger charge is -2.23. The van der Waals surface area contributed by atoms with Gasteiger partial charge in [0.2, 0.25) is 5.95 Å². The van der Waals surface area contributed by atoms with E-state index in [1.165, 1.54) is 5.56 Å². The lowest BCUT2D eigenvalue weighted by molar-refractivity contribution is 0.740. The van der Waals surface area contributed by atoms with E-state index in [0.717, 1.165) is 23.2 Å². The van der Waals surface area contributed by atoms with Gasteiger partial charge in [0, 0.05) is 17.9 Å². The van der Waals surface area contributed by atoms with Crippen molar-refractivity contribution in [3.8, 4) is 0 Å². The molecular formula is C26H22N4O. The van der Waals surface area contributed by atoms with E-state index in [4.69, 9.17) is 4.98 Å². The molecule has 0 unspecified atom stereocenters. The SMILES string of the molecule is C[C@@H]1Cc2ccccc2N1c1nc2nccc(/C=C/C=C/c3ccccc3)c2c(=O)[nH]1. The Kier molecular flexibility index (Phi) is 4.92. The summed E-state index contributed by atoms with van der Waals surface area (Å²) in [6, 6.07) is 20.4. The smallest absolute Gasteiger partial charge is 0.262 e. The molecule has 0 fully saturated rings. The first-order valence-electron chi connectivity index (χ1n) is 10.4. The minimum atomic E-state index is -0.184. The van der Waals surface area contributed by atoms with Crippen LogP contribution in [-0.4, -0.2) is 21.0 Å². The van der Waals surface area contributed by atoms with E-state index in [-0.39, 0.29) is 11.6 Å². The Hall–Kier alpha value is -3.99. The van der Waals surface area contributed by atoms with Crippen LogP contribution in [0.2, 0.25) is 0 Å². The molecule has 1 N–H and O–H groups in total. The highest BCUT2D eigenvalue weighted by Crippen LogP contribution is 2.36. The van der Waals surface area contributed by atoms with Crippen LogP contribution in [0.4, 0.5) is 11.6 Å². The van der Waals surface area contributed by atoms with Crippen molar-refractivity contribution in [2.24, 2.45) is 0 Å². The third-order valence-electron chi connectivity index (χ3n) is 5.54. The molecule has 2 aromatic carbocycles. The van der Waals surface area contributed by atoms with Crippen LogP contribution in [0.3, 0.4) is 0 Å². The van der Waals surface area contributed by atoms with Crippen molar-refractivity contribution < 1.29 is 0 Å². The first kappa shape index (κ1) is 19.0. The lowest BCUT2D eigenvalue weighted by atomic mass is 10.1. The van der Waals surface area contributed by atoms with Gasteiger partial charge in [0.1, 0.15) is 0 Å². The van der Waals surface area contributed by atoms with Gasteiger partial charge in [0.15, 0.2) is 5.65 Å². The van der Waals surface area contributed by atoms with Crippen LogP contribution >= 0.6 is 0 Å². The molecule has 0 bridgehead atoms. The van der Waals surface area contributed by atoms with Crippen LogP contribution < -0.4 is 10.5 Å². The summed E-state index contributed by atoms with van der Waals surface area (Å²) >= 11 is 0. The number of para-hydroxylation sites is 1. The molecule has 3 heterocycles. The molecule has 0 amide bonds. The summed E-state index contributed by atoms with van der Waals surface area (Å²) in [4.78, 5) is 27.2. The summed E-state index contributed by atoms with van der Waals surface area (Å²) < 4.78 is 0. The minimum absolute atomic E-state index is 0.184. The number of anilines is 2. The first-order chi connectivity index (χ1) is 15.2. The number of nitrogens with one attached hydrogen (secondary N) is 1. The van der Waals surface area contributed by atoms with E-state index in [1.54, 1.807) is 6.20 Å². The summed E-state index contributed by atoms with van der Waals surface area (Å²) in [6.07, 6.45) is 10.4.